The van der Waals surface area contributed by atoms with Crippen molar-refractivity contribution in [3.63, 3.8) is 0 Å². The summed E-state index contributed by atoms with van der Waals surface area (Å²) in [6, 6.07) is 6.44. The highest BCUT2D eigenvalue weighted by atomic mass is 16.5. The zero-order chi connectivity index (χ0) is 15.2. The largest absolute Gasteiger partial charge is 0.494 e. The van der Waals surface area contributed by atoms with Gasteiger partial charge in [-0.2, -0.15) is 0 Å². The number of aryl methyl sites for hydroxylation is 1. The first-order chi connectivity index (χ1) is 9.42. The summed E-state index contributed by atoms with van der Waals surface area (Å²) < 4.78 is 5.71. The van der Waals surface area contributed by atoms with E-state index >= 15 is 0 Å². The number of ether oxygens (including phenoxy) is 1. The third-order valence-electron chi connectivity index (χ3n) is 3.64. The van der Waals surface area contributed by atoms with Crippen molar-refractivity contribution >= 4 is 0 Å². The van der Waals surface area contributed by atoms with Crippen molar-refractivity contribution in [2.75, 3.05) is 19.8 Å². The lowest BCUT2D eigenvalue weighted by atomic mass is 9.85. The maximum Gasteiger partial charge on any atom is 0.122 e. The van der Waals surface area contributed by atoms with Gasteiger partial charge >= 0.3 is 0 Å². The maximum atomic E-state index is 9.25. The zero-order valence-electron chi connectivity index (χ0n) is 13.3. The van der Waals surface area contributed by atoms with Gasteiger partial charge in [-0.15, -0.1) is 0 Å². The number of hydrogen-bond acceptors (Lipinski definition) is 3. The van der Waals surface area contributed by atoms with Crippen molar-refractivity contribution in [2.24, 2.45) is 11.7 Å². The van der Waals surface area contributed by atoms with Gasteiger partial charge in [0.2, 0.25) is 0 Å². The van der Waals surface area contributed by atoms with Gasteiger partial charge in [-0.25, -0.2) is 0 Å². The van der Waals surface area contributed by atoms with Crippen LogP contribution in [-0.2, 0) is 11.8 Å². The number of rotatable bonds is 7. The Hall–Kier alpha value is -1.06. The standard InChI is InChI=1S/C17H29NO2/c1-5-20-16-9-8-15(17(2,3)4)10-14(16)7-6-13(11-18)12-19/h8-10,13,19H,5-7,11-12,18H2,1-4H3. The summed E-state index contributed by atoms with van der Waals surface area (Å²) in [5.41, 5.74) is 8.30. The summed E-state index contributed by atoms with van der Waals surface area (Å²) in [6.45, 7) is 9.98. The number of benzene rings is 1. The third-order valence-corrected chi connectivity index (χ3v) is 3.64. The van der Waals surface area contributed by atoms with Crippen LogP contribution in [0.3, 0.4) is 0 Å². The molecule has 3 nitrogen and oxygen atoms in total. The first-order valence-electron chi connectivity index (χ1n) is 7.49. The van der Waals surface area contributed by atoms with Gasteiger partial charge in [0.25, 0.3) is 0 Å². The highest BCUT2D eigenvalue weighted by molar-refractivity contribution is 5.39. The van der Waals surface area contributed by atoms with Crippen molar-refractivity contribution < 1.29 is 9.84 Å². The Morgan fingerprint density at radius 2 is 2.00 bits per heavy atom. The van der Waals surface area contributed by atoms with E-state index in [1.807, 2.05) is 6.92 Å². The number of aliphatic hydroxyl groups excluding tert-OH is 1. The molecule has 0 saturated carbocycles. The molecule has 3 N–H and O–H groups in total. The van der Waals surface area contributed by atoms with Crippen LogP contribution in [-0.4, -0.2) is 24.9 Å². The van der Waals surface area contributed by atoms with E-state index in [0.29, 0.717) is 13.2 Å². The Kier molecular flexibility index (Phi) is 6.50. The molecule has 0 aliphatic heterocycles. The molecule has 3 heteroatoms. The Bertz CT molecular complexity index is 406. The number of hydrogen-bond donors (Lipinski definition) is 2. The molecule has 0 heterocycles. The Morgan fingerprint density at radius 3 is 2.50 bits per heavy atom. The van der Waals surface area contributed by atoms with Gasteiger partial charge in [-0.1, -0.05) is 32.9 Å². The first kappa shape index (κ1) is 17.0. The van der Waals surface area contributed by atoms with E-state index in [-0.39, 0.29) is 17.9 Å². The molecule has 1 unspecified atom stereocenters. The lowest BCUT2D eigenvalue weighted by molar-refractivity contribution is 0.222. The highest BCUT2D eigenvalue weighted by Crippen LogP contribution is 2.29. The second-order valence-corrected chi connectivity index (χ2v) is 6.33. The smallest absolute Gasteiger partial charge is 0.122 e. The Balaban J connectivity index is 2.94. The molecule has 0 spiro atoms. The summed E-state index contributed by atoms with van der Waals surface area (Å²) in [5.74, 6) is 1.12. The van der Waals surface area contributed by atoms with Crippen molar-refractivity contribution in [3.8, 4) is 5.75 Å². The second-order valence-electron chi connectivity index (χ2n) is 6.33. The molecule has 0 amide bonds. The molecule has 20 heavy (non-hydrogen) atoms. The molecule has 0 saturated heterocycles. The van der Waals surface area contributed by atoms with Crippen molar-refractivity contribution in [1.29, 1.82) is 0 Å². The SMILES string of the molecule is CCOc1ccc(C(C)(C)C)cc1CCC(CN)CO. The summed E-state index contributed by atoms with van der Waals surface area (Å²) in [7, 11) is 0. The number of nitrogens with two attached hydrogens (primary N) is 1. The van der Waals surface area contributed by atoms with Gasteiger partial charge < -0.3 is 15.6 Å². The monoisotopic (exact) mass is 279 g/mol. The fourth-order valence-electron chi connectivity index (χ4n) is 2.18. The third kappa shape index (κ3) is 4.80. The molecule has 0 bridgehead atoms. The molecule has 1 rings (SSSR count). The minimum Gasteiger partial charge on any atom is -0.494 e. The van der Waals surface area contributed by atoms with Crippen LogP contribution in [0.5, 0.6) is 5.75 Å². The molecule has 0 aliphatic rings. The van der Waals surface area contributed by atoms with Crippen LogP contribution < -0.4 is 10.5 Å². The van der Waals surface area contributed by atoms with E-state index in [0.717, 1.165) is 18.6 Å². The van der Waals surface area contributed by atoms with Crippen LogP contribution in [0.2, 0.25) is 0 Å². The van der Waals surface area contributed by atoms with Gasteiger partial charge in [-0.3, -0.25) is 0 Å². The van der Waals surface area contributed by atoms with E-state index < -0.39 is 0 Å². The maximum absolute atomic E-state index is 9.25. The average Bonchev–Trinajstić information content (AvgIpc) is 2.40. The fourth-order valence-corrected chi connectivity index (χ4v) is 2.18. The van der Waals surface area contributed by atoms with E-state index in [2.05, 4.69) is 39.0 Å². The molecule has 1 aromatic rings. The summed E-state index contributed by atoms with van der Waals surface area (Å²) in [5, 5.41) is 9.25. The van der Waals surface area contributed by atoms with Crippen LogP contribution in [0.25, 0.3) is 0 Å². The quantitative estimate of drug-likeness (QED) is 0.807. The van der Waals surface area contributed by atoms with Crippen molar-refractivity contribution in [3.05, 3.63) is 29.3 Å². The molecular weight excluding hydrogens is 250 g/mol. The normalized spacial score (nSPS) is 13.3. The predicted molar refractivity (Wildman–Crippen MR) is 84.3 cm³/mol. The first-order valence-corrected chi connectivity index (χ1v) is 7.49. The average molecular weight is 279 g/mol. The lowest BCUT2D eigenvalue weighted by Gasteiger charge is -2.22. The predicted octanol–water partition coefficient (Wildman–Crippen LogP) is 2.88. The molecule has 1 aromatic carbocycles. The topological polar surface area (TPSA) is 55.5 Å². The Morgan fingerprint density at radius 1 is 1.30 bits per heavy atom. The molecular formula is C17H29NO2. The van der Waals surface area contributed by atoms with Gasteiger partial charge in [0, 0.05) is 6.61 Å². The molecule has 0 fully saturated rings. The Labute approximate surface area is 123 Å². The van der Waals surface area contributed by atoms with Crippen molar-refractivity contribution in [1.82, 2.24) is 0 Å². The van der Waals surface area contributed by atoms with E-state index in [9.17, 15) is 5.11 Å². The lowest BCUT2D eigenvalue weighted by Crippen LogP contribution is -2.19. The highest BCUT2D eigenvalue weighted by Gasteiger charge is 2.16. The molecule has 0 radical (unpaired) electrons. The van der Waals surface area contributed by atoms with Crippen LogP contribution in [0, 0.1) is 5.92 Å². The van der Waals surface area contributed by atoms with E-state index in [4.69, 9.17) is 10.5 Å². The van der Waals surface area contributed by atoms with Crippen LogP contribution in [0.4, 0.5) is 0 Å². The minimum atomic E-state index is 0.129. The van der Waals surface area contributed by atoms with Crippen LogP contribution >= 0.6 is 0 Å². The second kappa shape index (κ2) is 7.65. The van der Waals surface area contributed by atoms with Gasteiger partial charge in [-0.05, 0) is 54.8 Å². The molecule has 1 atom stereocenters. The molecule has 0 aliphatic carbocycles. The van der Waals surface area contributed by atoms with E-state index in [1.165, 1.54) is 11.1 Å². The zero-order valence-corrected chi connectivity index (χ0v) is 13.3. The molecule has 114 valence electrons. The van der Waals surface area contributed by atoms with Gasteiger partial charge in [0.15, 0.2) is 0 Å². The van der Waals surface area contributed by atoms with Crippen LogP contribution in [0.1, 0.15) is 45.2 Å². The fraction of sp³-hybridized carbons (Fsp3) is 0.647. The minimum absolute atomic E-state index is 0.129. The summed E-state index contributed by atoms with van der Waals surface area (Å²) in [4.78, 5) is 0. The van der Waals surface area contributed by atoms with Crippen molar-refractivity contribution in [2.45, 2.75) is 46.0 Å². The molecule has 0 aromatic heterocycles. The van der Waals surface area contributed by atoms with Gasteiger partial charge in [0.05, 0.1) is 6.61 Å². The van der Waals surface area contributed by atoms with Gasteiger partial charge in [0.1, 0.15) is 5.75 Å². The van der Waals surface area contributed by atoms with E-state index in [1.54, 1.807) is 0 Å². The number of aliphatic hydroxyl groups is 1. The van der Waals surface area contributed by atoms with Crippen LogP contribution in [0.15, 0.2) is 18.2 Å². The summed E-state index contributed by atoms with van der Waals surface area (Å²) >= 11 is 0. The summed E-state index contributed by atoms with van der Waals surface area (Å²) in [6.07, 6.45) is 1.78.